The van der Waals surface area contributed by atoms with Gasteiger partial charge < -0.3 is 24.8 Å². The van der Waals surface area contributed by atoms with Gasteiger partial charge in [-0.1, -0.05) is 30.3 Å². The van der Waals surface area contributed by atoms with Crippen molar-refractivity contribution in [2.45, 2.75) is 12.6 Å². The Balaban J connectivity index is 1.46. The Morgan fingerprint density at radius 3 is 2.54 bits per heavy atom. The van der Waals surface area contributed by atoms with Gasteiger partial charge in [0.2, 0.25) is 0 Å². The van der Waals surface area contributed by atoms with E-state index in [0.29, 0.717) is 23.9 Å². The average molecular weight is 356 g/mol. The maximum Gasteiger partial charge on any atom is 0.309 e. The average Bonchev–Trinajstić information content (AvgIpc) is 2.70. The number of para-hydroxylation sites is 3. The molecule has 1 heterocycles. The number of carbonyl (C=O) groups is 2. The molecule has 2 N–H and O–H groups in total. The summed E-state index contributed by atoms with van der Waals surface area (Å²) in [6, 6.07) is 14.6. The molecule has 2 amide bonds. The summed E-state index contributed by atoms with van der Waals surface area (Å²) in [5.41, 5.74) is 0.789. The summed E-state index contributed by atoms with van der Waals surface area (Å²) in [7, 11) is 1.55. The number of carbonyl (C=O) groups excluding carboxylic acids is 2. The van der Waals surface area contributed by atoms with E-state index >= 15 is 0 Å². The normalized spacial score (nSPS) is 15.0. The molecule has 7 heteroatoms. The van der Waals surface area contributed by atoms with Gasteiger partial charge in [0.05, 0.1) is 13.7 Å². The van der Waals surface area contributed by atoms with Crippen molar-refractivity contribution in [2.75, 3.05) is 20.3 Å². The number of hydrogen-bond donors (Lipinski definition) is 2. The SMILES string of the molecule is COc1ccccc1CNC(=O)C(=O)NCC1COc2ccccc2O1. The number of amides is 2. The van der Waals surface area contributed by atoms with Crippen LogP contribution in [0.3, 0.4) is 0 Å². The molecule has 0 saturated heterocycles. The quantitative estimate of drug-likeness (QED) is 0.788. The third-order valence-corrected chi connectivity index (χ3v) is 3.90. The molecular weight excluding hydrogens is 336 g/mol. The van der Waals surface area contributed by atoms with E-state index in [1.807, 2.05) is 36.4 Å². The highest BCUT2D eigenvalue weighted by Crippen LogP contribution is 2.30. The first-order valence-corrected chi connectivity index (χ1v) is 8.24. The zero-order valence-corrected chi connectivity index (χ0v) is 14.4. The van der Waals surface area contributed by atoms with E-state index in [0.717, 1.165) is 5.56 Å². The van der Waals surface area contributed by atoms with Crippen LogP contribution in [0.25, 0.3) is 0 Å². The highest BCUT2D eigenvalue weighted by Gasteiger charge is 2.22. The first-order valence-electron chi connectivity index (χ1n) is 8.24. The van der Waals surface area contributed by atoms with Gasteiger partial charge in [-0.05, 0) is 18.2 Å². The number of hydrogen-bond acceptors (Lipinski definition) is 5. The Morgan fingerprint density at radius 1 is 1.04 bits per heavy atom. The predicted molar refractivity (Wildman–Crippen MR) is 94.2 cm³/mol. The van der Waals surface area contributed by atoms with Crippen LogP contribution in [0.4, 0.5) is 0 Å². The molecule has 2 aromatic carbocycles. The monoisotopic (exact) mass is 356 g/mol. The van der Waals surface area contributed by atoms with Crippen molar-refractivity contribution in [3.05, 3.63) is 54.1 Å². The van der Waals surface area contributed by atoms with Crippen molar-refractivity contribution in [1.82, 2.24) is 10.6 Å². The van der Waals surface area contributed by atoms with Gasteiger partial charge in [-0.2, -0.15) is 0 Å². The lowest BCUT2D eigenvalue weighted by Gasteiger charge is -2.26. The summed E-state index contributed by atoms with van der Waals surface area (Å²) in [5, 5.41) is 5.13. The summed E-state index contributed by atoms with van der Waals surface area (Å²) in [6.45, 7) is 0.683. The maximum atomic E-state index is 12.0. The molecule has 0 saturated carbocycles. The minimum absolute atomic E-state index is 0.176. The van der Waals surface area contributed by atoms with Crippen LogP contribution in [0, 0.1) is 0 Å². The van der Waals surface area contributed by atoms with Gasteiger partial charge in [0, 0.05) is 12.1 Å². The Bertz CT molecular complexity index is 793. The second kappa shape index (κ2) is 8.24. The smallest absolute Gasteiger partial charge is 0.309 e. The molecule has 0 fully saturated rings. The molecule has 2 aromatic rings. The second-order valence-corrected chi connectivity index (χ2v) is 5.70. The number of ether oxygens (including phenoxy) is 3. The number of rotatable bonds is 5. The van der Waals surface area contributed by atoms with E-state index in [4.69, 9.17) is 14.2 Å². The zero-order valence-electron chi connectivity index (χ0n) is 14.4. The van der Waals surface area contributed by atoms with E-state index in [1.165, 1.54) is 0 Å². The molecule has 1 aliphatic rings. The molecule has 0 aromatic heterocycles. The van der Waals surface area contributed by atoms with Crippen molar-refractivity contribution in [1.29, 1.82) is 0 Å². The molecule has 7 nitrogen and oxygen atoms in total. The van der Waals surface area contributed by atoms with Gasteiger partial charge in [0.25, 0.3) is 0 Å². The molecule has 0 spiro atoms. The molecule has 1 atom stereocenters. The van der Waals surface area contributed by atoms with E-state index in [1.54, 1.807) is 19.2 Å². The van der Waals surface area contributed by atoms with E-state index in [2.05, 4.69) is 10.6 Å². The molecule has 0 aliphatic carbocycles. The fourth-order valence-corrected chi connectivity index (χ4v) is 2.56. The van der Waals surface area contributed by atoms with Crippen LogP contribution >= 0.6 is 0 Å². The standard InChI is InChI=1S/C19H20N2O5/c1-24-15-7-3-2-6-13(15)10-20-18(22)19(23)21-11-14-12-25-16-8-4-5-9-17(16)26-14/h2-9,14H,10-12H2,1H3,(H,20,22)(H,21,23). The molecule has 1 aliphatic heterocycles. The van der Waals surface area contributed by atoms with Gasteiger partial charge in [0.15, 0.2) is 11.5 Å². The molecule has 1 unspecified atom stereocenters. The molecule has 26 heavy (non-hydrogen) atoms. The van der Waals surface area contributed by atoms with E-state index in [9.17, 15) is 9.59 Å². The lowest BCUT2D eigenvalue weighted by atomic mass is 10.2. The van der Waals surface area contributed by atoms with Crippen molar-refractivity contribution < 1.29 is 23.8 Å². The van der Waals surface area contributed by atoms with E-state index < -0.39 is 11.8 Å². The molecule has 0 radical (unpaired) electrons. The summed E-state index contributed by atoms with van der Waals surface area (Å²) < 4.78 is 16.5. The number of nitrogens with one attached hydrogen (secondary N) is 2. The molecule has 136 valence electrons. The molecular formula is C19H20N2O5. The number of benzene rings is 2. The van der Waals surface area contributed by atoms with Crippen LogP contribution in [-0.2, 0) is 16.1 Å². The summed E-state index contributed by atoms with van der Waals surface area (Å²) in [5.74, 6) is 0.512. The maximum absolute atomic E-state index is 12.0. The first-order chi connectivity index (χ1) is 12.7. The molecule has 0 bridgehead atoms. The largest absolute Gasteiger partial charge is 0.496 e. The topological polar surface area (TPSA) is 85.9 Å². The fourth-order valence-electron chi connectivity index (χ4n) is 2.56. The van der Waals surface area contributed by atoms with Crippen LogP contribution in [0.5, 0.6) is 17.2 Å². The molecule has 3 rings (SSSR count). The van der Waals surface area contributed by atoms with Crippen LogP contribution in [0.2, 0.25) is 0 Å². The van der Waals surface area contributed by atoms with Gasteiger partial charge in [0.1, 0.15) is 18.5 Å². The Kier molecular flexibility index (Phi) is 5.58. The Morgan fingerprint density at radius 2 is 1.73 bits per heavy atom. The van der Waals surface area contributed by atoms with Crippen LogP contribution in [0.15, 0.2) is 48.5 Å². The third-order valence-electron chi connectivity index (χ3n) is 3.90. The van der Waals surface area contributed by atoms with Gasteiger partial charge in [-0.3, -0.25) is 9.59 Å². The Hall–Kier alpha value is -3.22. The summed E-state index contributed by atoms with van der Waals surface area (Å²) in [6.07, 6.45) is -0.351. The Labute approximate surface area is 151 Å². The fraction of sp³-hybridized carbons (Fsp3) is 0.263. The van der Waals surface area contributed by atoms with Crippen molar-refractivity contribution in [2.24, 2.45) is 0 Å². The van der Waals surface area contributed by atoms with Crippen molar-refractivity contribution >= 4 is 11.8 Å². The predicted octanol–water partition coefficient (Wildman–Crippen LogP) is 1.27. The van der Waals surface area contributed by atoms with Gasteiger partial charge in [-0.15, -0.1) is 0 Å². The van der Waals surface area contributed by atoms with Gasteiger partial charge >= 0.3 is 11.8 Å². The minimum atomic E-state index is -0.720. The number of methoxy groups -OCH3 is 1. The van der Waals surface area contributed by atoms with Crippen LogP contribution < -0.4 is 24.8 Å². The third kappa shape index (κ3) is 4.24. The highest BCUT2D eigenvalue weighted by atomic mass is 16.6. The van der Waals surface area contributed by atoms with E-state index in [-0.39, 0.29) is 19.2 Å². The summed E-state index contributed by atoms with van der Waals surface area (Å²) in [4.78, 5) is 23.9. The van der Waals surface area contributed by atoms with Crippen molar-refractivity contribution in [3.8, 4) is 17.2 Å². The zero-order chi connectivity index (χ0) is 18.4. The minimum Gasteiger partial charge on any atom is -0.496 e. The lowest BCUT2D eigenvalue weighted by molar-refractivity contribution is -0.139. The highest BCUT2D eigenvalue weighted by molar-refractivity contribution is 6.35. The van der Waals surface area contributed by atoms with Crippen molar-refractivity contribution in [3.63, 3.8) is 0 Å². The number of fused-ring (bicyclic) bond motifs is 1. The first kappa shape index (κ1) is 17.6. The van der Waals surface area contributed by atoms with Gasteiger partial charge in [-0.25, -0.2) is 0 Å². The second-order valence-electron chi connectivity index (χ2n) is 5.70. The lowest BCUT2D eigenvalue weighted by Crippen LogP contribution is -2.45. The van der Waals surface area contributed by atoms with Crippen LogP contribution in [-0.4, -0.2) is 38.2 Å². The van der Waals surface area contributed by atoms with Crippen LogP contribution in [0.1, 0.15) is 5.56 Å². The summed E-state index contributed by atoms with van der Waals surface area (Å²) >= 11 is 0.